The van der Waals surface area contributed by atoms with Crippen LogP contribution in [-0.2, 0) is 5.41 Å². The molecule has 0 spiro atoms. The van der Waals surface area contributed by atoms with Gasteiger partial charge in [-0.05, 0) is 108 Å². The fraction of sp³-hybridized carbons (Fsp3) is 0.100. The van der Waals surface area contributed by atoms with Crippen LogP contribution in [0.4, 0.5) is 17.1 Å². The van der Waals surface area contributed by atoms with Crippen LogP contribution in [0.25, 0.3) is 76.9 Å². The summed E-state index contributed by atoms with van der Waals surface area (Å²) < 4.78 is 6.54. The third-order valence-corrected chi connectivity index (χ3v) is 14.4. The fourth-order valence-electron chi connectivity index (χ4n) is 10.7. The zero-order chi connectivity index (χ0) is 41.6. The third kappa shape index (κ3) is 5.49. The average Bonchev–Trinajstić information content (AvgIpc) is 3.78. The molecule has 2 heteroatoms. The first-order chi connectivity index (χ1) is 30.4. The smallest absolute Gasteiger partial charge is 0.143 e. The molecule has 0 amide bonds. The molecular formula is C60H45NO. The molecule has 2 nitrogen and oxygen atoms in total. The monoisotopic (exact) mass is 795 g/mol. The molecule has 0 saturated carbocycles. The first-order valence-corrected chi connectivity index (χ1v) is 21.8. The van der Waals surface area contributed by atoms with E-state index in [0.717, 1.165) is 50.1 Å². The van der Waals surface area contributed by atoms with Gasteiger partial charge in [-0.25, -0.2) is 0 Å². The number of fused-ring (bicyclic) bond motifs is 9. The SMILES string of the molecule is CC1(C)c2cc(-c3ccc(N(c4cccc(-c5cccc6c5ccc5ccccc56)c4)c4cccc(-c5cccc6c5oc5ccccc56)c4)cc3)ccc2C2C=CC=CC21C. The highest BCUT2D eigenvalue weighted by Crippen LogP contribution is 2.61. The molecule has 0 radical (unpaired) electrons. The molecule has 1 aromatic heterocycles. The van der Waals surface area contributed by atoms with Crippen LogP contribution in [0.1, 0.15) is 37.8 Å². The number of rotatable bonds is 6. The lowest BCUT2D eigenvalue weighted by Crippen LogP contribution is -2.36. The molecule has 0 fully saturated rings. The minimum absolute atomic E-state index is 0.000914. The summed E-state index contributed by atoms with van der Waals surface area (Å²) in [7, 11) is 0. The Bertz CT molecular complexity index is 3470. The van der Waals surface area contributed by atoms with Crippen molar-refractivity contribution < 1.29 is 4.42 Å². The molecule has 2 aliphatic rings. The second-order valence-corrected chi connectivity index (χ2v) is 17.9. The van der Waals surface area contributed by atoms with E-state index in [1.165, 1.54) is 54.9 Å². The normalized spacial score (nSPS) is 17.5. The van der Waals surface area contributed by atoms with Crippen LogP contribution in [0.3, 0.4) is 0 Å². The minimum atomic E-state index is 0.000914. The lowest BCUT2D eigenvalue weighted by atomic mass is 9.62. The van der Waals surface area contributed by atoms with Gasteiger partial charge in [0.15, 0.2) is 0 Å². The van der Waals surface area contributed by atoms with Crippen LogP contribution in [0.5, 0.6) is 0 Å². The van der Waals surface area contributed by atoms with Crippen molar-refractivity contribution in [3.63, 3.8) is 0 Å². The van der Waals surface area contributed by atoms with Crippen molar-refractivity contribution in [3.8, 4) is 33.4 Å². The van der Waals surface area contributed by atoms with Crippen LogP contribution in [0, 0.1) is 5.41 Å². The number of nitrogens with zero attached hydrogens (tertiary/aromatic N) is 1. The van der Waals surface area contributed by atoms with Crippen molar-refractivity contribution >= 4 is 60.5 Å². The molecule has 9 aromatic carbocycles. The van der Waals surface area contributed by atoms with Crippen LogP contribution < -0.4 is 4.90 Å². The van der Waals surface area contributed by atoms with E-state index in [1.807, 2.05) is 6.07 Å². The van der Waals surface area contributed by atoms with Gasteiger partial charge in [-0.2, -0.15) is 0 Å². The van der Waals surface area contributed by atoms with E-state index >= 15 is 0 Å². The Hall–Kier alpha value is -7.42. The molecule has 2 unspecified atom stereocenters. The van der Waals surface area contributed by atoms with Crippen molar-refractivity contribution in [1.82, 2.24) is 0 Å². The summed E-state index contributed by atoms with van der Waals surface area (Å²) in [5.41, 5.74) is 15.0. The molecule has 62 heavy (non-hydrogen) atoms. The molecule has 0 saturated heterocycles. The van der Waals surface area contributed by atoms with Crippen LogP contribution >= 0.6 is 0 Å². The van der Waals surface area contributed by atoms with Crippen molar-refractivity contribution in [2.75, 3.05) is 4.90 Å². The predicted molar refractivity (Wildman–Crippen MR) is 262 cm³/mol. The standard InChI is InChI=1S/C60H45NO/c1-59(2)56-38-41(30-34-54(56)55-25-8-9-35-60(55,59)3)39-27-31-44(32-28-39)61(46-18-11-16-43(37-46)49-22-13-24-53-52-20-6-7-26-57(52)62-58(49)53)45-17-10-15-42(36-45)48-21-12-23-50-47-19-5-4-14-40(47)29-33-51(48)50/h4-38,55H,1-3H3. The predicted octanol–water partition coefficient (Wildman–Crippen LogP) is 16.9. The summed E-state index contributed by atoms with van der Waals surface area (Å²) >= 11 is 0. The molecule has 296 valence electrons. The average molecular weight is 796 g/mol. The van der Waals surface area contributed by atoms with Crippen molar-refractivity contribution in [2.45, 2.75) is 32.1 Å². The van der Waals surface area contributed by atoms with E-state index in [-0.39, 0.29) is 10.8 Å². The van der Waals surface area contributed by atoms with E-state index < -0.39 is 0 Å². The number of benzene rings is 9. The van der Waals surface area contributed by atoms with Gasteiger partial charge in [0.1, 0.15) is 11.2 Å². The summed E-state index contributed by atoms with van der Waals surface area (Å²) in [6.07, 6.45) is 9.25. The van der Waals surface area contributed by atoms with Gasteiger partial charge in [-0.15, -0.1) is 0 Å². The highest BCUT2D eigenvalue weighted by Gasteiger charge is 2.53. The Morgan fingerprint density at radius 2 is 1.11 bits per heavy atom. The largest absolute Gasteiger partial charge is 0.455 e. The van der Waals surface area contributed by atoms with Crippen molar-refractivity contribution in [3.05, 3.63) is 223 Å². The molecule has 2 aliphatic carbocycles. The lowest BCUT2D eigenvalue weighted by Gasteiger charge is -2.41. The molecule has 2 atom stereocenters. The Balaban J connectivity index is 0.989. The first-order valence-electron chi connectivity index (χ1n) is 21.8. The minimum Gasteiger partial charge on any atom is -0.455 e. The maximum absolute atomic E-state index is 6.54. The maximum atomic E-state index is 6.54. The first kappa shape index (κ1) is 36.4. The molecule has 12 rings (SSSR count). The fourth-order valence-corrected chi connectivity index (χ4v) is 10.7. The van der Waals surface area contributed by atoms with Gasteiger partial charge in [0.2, 0.25) is 0 Å². The Morgan fingerprint density at radius 3 is 1.92 bits per heavy atom. The number of anilines is 3. The number of hydrogen-bond donors (Lipinski definition) is 0. The Morgan fingerprint density at radius 1 is 0.452 bits per heavy atom. The number of furan rings is 1. The number of allylic oxidation sites excluding steroid dienone is 4. The van der Waals surface area contributed by atoms with Gasteiger partial charge in [0, 0.05) is 44.7 Å². The van der Waals surface area contributed by atoms with Gasteiger partial charge >= 0.3 is 0 Å². The van der Waals surface area contributed by atoms with Gasteiger partial charge in [0.25, 0.3) is 0 Å². The number of hydrogen-bond acceptors (Lipinski definition) is 2. The van der Waals surface area contributed by atoms with E-state index in [1.54, 1.807) is 0 Å². The molecule has 0 aliphatic heterocycles. The zero-order valence-corrected chi connectivity index (χ0v) is 35.1. The quantitative estimate of drug-likeness (QED) is 0.156. The summed E-state index contributed by atoms with van der Waals surface area (Å²) in [6, 6.07) is 68.9. The third-order valence-electron chi connectivity index (χ3n) is 14.4. The molecule has 10 aromatic rings. The van der Waals surface area contributed by atoms with Gasteiger partial charge in [-0.3, -0.25) is 0 Å². The highest BCUT2D eigenvalue weighted by molar-refractivity contribution is 6.12. The van der Waals surface area contributed by atoms with E-state index in [0.29, 0.717) is 5.92 Å². The van der Waals surface area contributed by atoms with Crippen molar-refractivity contribution in [2.24, 2.45) is 5.41 Å². The van der Waals surface area contributed by atoms with Crippen LogP contribution in [0.2, 0.25) is 0 Å². The Labute approximate surface area is 362 Å². The summed E-state index contributed by atoms with van der Waals surface area (Å²) in [5, 5.41) is 7.30. The summed E-state index contributed by atoms with van der Waals surface area (Å²) in [6.45, 7) is 7.25. The zero-order valence-electron chi connectivity index (χ0n) is 35.1. The second kappa shape index (κ2) is 13.8. The van der Waals surface area contributed by atoms with E-state index in [9.17, 15) is 0 Å². The summed E-state index contributed by atoms with van der Waals surface area (Å²) in [5.74, 6) is 0.390. The number of para-hydroxylation sites is 2. The molecular weight excluding hydrogens is 751 g/mol. The molecule has 1 heterocycles. The molecule has 0 bridgehead atoms. The summed E-state index contributed by atoms with van der Waals surface area (Å²) in [4.78, 5) is 2.39. The maximum Gasteiger partial charge on any atom is 0.143 e. The van der Waals surface area contributed by atoms with Gasteiger partial charge < -0.3 is 9.32 Å². The van der Waals surface area contributed by atoms with Crippen LogP contribution in [0.15, 0.2) is 217 Å². The van der Waals surface area contributed by atoms with E-state index in [4.69, 9.17) is 4.42 Å². The van der Waals surface area contributed by atoms with Crippen LogP contribution in [-0.4, -0.2) is 0 Å². The van der Waals surface area contributed by atoms with Gasteiger partial charge in [-0.1, -0.05) is 191 Å². The second-order valence-electron chi connectivity index (χ2n) is 17.9. The highest BCUT2D eigenvalue weighted by atomic mass is 16.3. The molecule has 0 N–H and O–H groups in total. The van der Waals surface area contributed by atoms with Gasteiger partial charge in [0.05, 0.1) is 0 Å². The van der Waals surface area contributed by atoms with E-state index in [2.05, 4.69) is 232 Å². The lowest BCUT2D eigenvalue weighted by molar-refractivity contribution is 0.245. The Kier molecular flexibility index (Phi) is 8.11. The topological polar surface area (TPSA) is 16.4 Å². The van der Waals surface area contributed by atoms with Crippen molar-refractivity contribution in [1.29, 1.82) is 0 Å².